The molecule has 1 aromatic rings. The van der Waals surface area contributed by atoms with Gasteiger partial charge in [-0.15, -0.1) is 11.3 Å². The first kappa shape index (κ1) is 13.2. The number of hydrogen-bond acceptors (Lipinski definition) is 3. The molecular formula is C11H13BrN2OS. The van der Waals surface area contributed by atoms with Crippen LogP contribution in [-0.4, -0.2) is 17.9 Å². The number of carbonyl (C=O) groups is 1. The summed E-state index contributed by atoms with van der Waals surface area (Å²) in [6.45, 7) is 2.41. The number of thiophene rings is 1. The number of hydrogen-bond donors (Lipinski definition) is 0. The fourth-order valence-electron chi connectivity index (χ4n) is 1.34. The third kappa shape index (κ3) is 3.32. The van der Waals surface area contributed by atoms with Crippen LogP contribution in [0.3, 0.4) is 0 Å². The predicted molar refractivity (Wildman–Crippen MR) is 67.9 cm³/mol. The lowest BCUT2D eigenvalue weighted by molar-refractivity contribution is -0.133. The molecule has 0 radical (unpaired) electrons. The van der Waals surface area contributed by atoms with Gasteiger partial charge in [0.1, 0.15) is 5.92 Å². The van der Waals surface area contributed by atoms with E-state index in [9.17, 15) is 4.79 Å². The van der Waals surface area contributed by atoms with Crippen molar-refractivity contribution in [1.82, 2.24) is 4.90 Å². The van der Waals surface area contributed by atoms with Crippen LogP contribution in [0, 0.1) is 17.2 Å². The van der Waals surface area contributed by atoms with Crippen molar-refractivity contribution in [2.75, 3.05) is 7.05 Å². The second-order valence-electron chi connectivity index (χ2n) is 3.52. The van der Waals surface area contributed by atoms with E-state index in [1.165, 1.54) is 0 Å². The Labute approximate surface area is 108 Å². The number of halogens is 1. The lowest BCUT2D eigenvalue weighted by Gasteiger charge is -2.18. The highest BCUT2D eigenvalue weighted by Crippen LogP contribution is 2.21. The Bertz CT molecular complexity index is 410. The van der Waals surface area contributed by atoms with Gasteiger partial charge < -0.3 is 4.90 Å². The Hall–Kier alpha value is -0.860. The quantitative estimate of drug-likeness (QED) is 0.858. The van der Waals surface area contributed by atoms with Crippen molar-refractivity contribution in [1.29, 1.82) is 5.26 Å². The molecule has 1 rings (SSSR count). The summed E-state index contributed by atoms with van der Waals surface area (Å²) in [4.78, 5) is 14.5. The van der Waals surface area contributed by atoms with Gasteiger partial charge in [0.05, 0.1) is 12.6 Å². The van der Waals surface area contributed by atoms with Crippen molar-refractivity contribution in [3.8, 4) is 6.07 Å². The maximum Gasteiger partial charge on any atom is 0.239 e. The lowest BCUT2D eigenvalue weighted by Crippen LogP contribution is -2.31. The Balaban J connectivity index is 2.62. The van der Waals surface area contributed by atoms with Crippen LogP contribution >= 0.6 is 27.3 Å². The van der Waals surface area contributed by atoms with E-state index in [0.29, 0.717) is 13.0 Å². The molecule has 3 nitrogen and oxygen atoms in total. The van der Waals surface area contributed by atoms with E-state index in [-0.39, 0.29) is 5.91 Å². The Morgan fingerprint density at radius 2 is 2.44 bits per heavy atom. The zero-order valence-electron chi connectivity index (χ0n) is 9.24. The second-order valence-corrected chi connectivity index (χ2v) is 5.43. The van der Waals surface area contributed by atoms with E-state index in [0.717, 1.165) is 9.35 Å². The maximum atomic E-state index is 11.8. The molecule has 86 valence electrons. The van der Waals surface area contributed by atoms with Gasteiger partial charge in [0.2, 0.25) is 5.91 Å². The first-order valence-corrected chi connectivity index (χ1v) is 6.63. The SMILES string of the molecule is CCC(C#N)C(=O)N(C)Cc1cc(Br)cs1. The fourth-order valence-corrected chi connectivity index (χ4v) is 2.84. The number of amides is 1. The monoisotopic (exact) mass is 300 g/mol. The topological polar surface area (TPSA) is 44.1 Å². The van der Waals surface area contributed by atoms with Crippen molar-refractivity contribution in [2.24, 2.45) is 5.92 Å². The third-order valence-corrected chi connectivity index (χ3v) is 3.94. The molecular weight excluding hydrogens is 288 g/mol. The van der Waals surface area contributed by atoms with Crippen molar-refractivity contribution in [3.63, 3.8) is 0 Å². The van der Waals surface area contributed by atoms with E-state index in [4.69, 9.17) is 5.26 Å². The summed E-state index contributed by atoms with van der Waals surface area (Å²) < 4.78 is 1.03. The number of rotatable bonds is 4. The standard InChI is InChI=1S/C11H13BrN2OS/c1-3-8(5-13)11(15)14(2)6-10-4-9(12)7-16-10/h4,7-8H,3,6H2,1-2H3. The van der Waals surface area contributed by atoms with Crippen molar-refractivity contribution in [2.45, 2.75) is 19.9 Å². The molecule has 1 heterocycles. The third-order valence-electron chi connectivity index (χ3n) is 2.25. The Kier molecular flexibility index (Phi) is 4.97. The van der Waals surface area contributed by atoms with Gasteiger partial charge in [-0.1, -0.05) is 6.92 Å². The van der Waals surface area contributed by atoms with E-state index < -0.39 is 5.92 Å². The zero-order valence-corrected chi connectivity index (χ0v) is 11.6. The van der Waals surface area contributed by atoms with E-state index in [2.05, 4.69) is 15.9 Å². The van der Waals surface area contributed by atoms with Gasteiger partial charge in [0.25, 0.3) is 0 Å². The molecule has 1 amide bonds. The maximum absolute atomic E-state index is 11.8. The molecule has 0 N–H and O–H groups in total. The normalized spacial score (nSPS) is 11.9. The van der Waals surface area contributed by atoms with Gasteiger partial charge in [-0.3, -0.25) is 4.79 Å². The van der Waals surface area contributed by atoms with Gasteiger partial charge in [0.15, 0.2) is 0 Å². The van der Waals surface area contributed by atoms with Crippen LogP contribution in [0.25, 0.3) is 0 Å². The first-order chi connectivity index (χ1) is 7.58. The van der Waals surface area contributed by atoms with Crippen LogP contribution in [0.1, 0.15) is 18.2 Å². The fraction of sp³-hybridized carbons (Fsp3) is 0.455. The predicted octanol–water partition coefficient (Wildman–Crippen LogP) is 3.02. The molecule has 0 fully saturated rings. The largest absolute Gasteiger partial charge is 0.339 e. The summed E-state index contributed by atoms with van der Waals surface area (Å²) in [6, 6.07) is 4.01. The summed E-state index contributed by atoms with van der Waals surface area (Å²) in [7, 11) is 1.73. The molecule has 5 heteroatoms. The van der Waals surface area contributed by atoms with Gasteiger partial charge in [-0.05, 0) is 28.4 Å². The van der Waals surface area contributed by atoms with Crippen molar-refractivity contribution in [3.05, 3.63) is 20.8 Å². The summed E-state index contributed by atoms with van der Waals surface area (Å²) >= 11 is 4.97. The summed E-state index contributed by atoms with van der Waals surface area (Å²) in [5, 5.41) is 10.8. The molecule has 0 saturated heterocycles. The van der Waals surface area contributed by atoms with Gasteiger partial charge in [-0.2, -0.15) is 5.26 Å². The van der Waals surface area contributed by atoms with E-state index in [1.807, 2.05) is 24.4 Å². The molecule has 0 aliphatic carbocycles. The van der Waals surface area contributed by atoms with Crippen molar-refractivity contribution >= 4 is 33.2 Å². The smallest absolute Gasteiger partial charge is 0.239 e. The zero-order chi connectivity index (χ0) is 12.1. The molecule has 1 unspecified atom stereocenters. The minimum atomic E-state index is -0.520. The molecule has 1 aromatic heterocycles. The van der Waals surface area contributed by atoms with Crippen LogP contribution in [0.2, 0.25) is 0 Å². The van der Waals surface area contributed by atoms with Crippen LogP contribution in [0.15, 0.2) is 15.9 Å². The molecule has 16 heavy (non-hydrogen) atoms. The highest BCUT2D eigenvalue weighted by atomic mass is 79.9. The van der Waals surface area contributed by atoms with Crippen LogP contribution in [-0.2, 0) is 11.3 Å². The molecule has 0 spiro atoms. The molecule has 0 saturated carbocycles. The molecule has 1 atom stereocenters. The second kappa shape index (κ2) is 6.02. The lowest BCUT2D eigenvalue weighted by atomic mass is 10.1. The molecule has 0 aliphatic heterocycles. The Morgan fingerprint density at radius 3 is 2.88 bits per heavy atom. The van der Waals surface area contributed by atoms with Crippen LogP contribution in [0.5, 0.6) is 0 Å². The molecule has 0 aliphatic rings. The highest BCUT2D eigenvalue weighted by molar-refractivity contribution is 9.10. The molecule has 0 aromatic carbocycles. The average Bonchev–Trinajstić information content (AvgIpc) is 2.65. The average molecular weight is 301 g/mol. The number of nitrogens with zero attached hydrogens (tertiary/aromatic N) is 2. The van der Waals surface area contributed by atoms with Gasteiger partial charge in [0, 0.05) is 21.8 Å². The first-order valence-electron chi connectivity index (χ1n) is 4.96. The summed E-state index contributed by atoms with van der Waals surface area (Å²) in [5.41, 5.74) is 0. The van der Waals surface area contributed by atoms with E-state index >= 15 is 0 Å². The van der Waals surface area contributed by atoms with Crippen molar-refractivity contribution < 1.29 is 4.79 Å². The number of nitriles is 1. The van der Waals surface area contributed by atoms with E-state index in [1.54, 1.807) is 23.3 Å². The minimum absolute atomic E-state index is 0.102. The Morgan fingerprint density at radius 1 is 1.75 bits per heavy atom. The van der Waals surface area contributed by atoms with Gasteiger partial charge in [-0.25, -0.2) is 0 Å². The molecule has 0 bridgehead atoms. The minimum Gasteiger partial charge on any atom is -0.339 e. The van der Waals surface area contributed by atoms with Crippen LogP contribution < -0.4 is 0 Å². The van der Waals surface area contributed by atoms with Crippen LogP contribution in [0.4, 0.5) is 0 Å². The summed E-state index contributed by atoms with van der Waals surface area (Å²) in [5.74, 6) is -0.622. The summed E-state index contributed by atoms with van der Waals surface area (Å²) in [6.07, 6.45) is 0.563. The highest BCUT2D eigenvalue weighted by Gasteiger charge is 2.20. The van der Waals surface area contributed by atoms with Gasteiger partial charge >= 0.3 is 0 Å². The number of carbonyl (C=O) groups excluding carboxylic acids is 1.